The number of rotatable bonds is 4. The van der Waals surface area contributed by atoms with Crippen LogP contribution in [0.25, 0.3) is 0 Å². The molecular weight excluding hydrogens is 262 g/mol. The van der Waals surface area contributed by atoms with Gasteiger partial charge in [0.25, 0.3) is 0 Å². The highest BCUT2D eigenvalue weighted by Crippen LogP contribution is 2.40. The first-order chi connectivity index (χ1) is 9.61. The minimum atomic E-state index is -0.280. The fourth-order valence-electron chi connectivity index (χ4n) is 3.23. The maximum Gasteiger partial charge on any atom is 0.130 e. The molecule has 3 nitrogen and oxygen atoms in total. The highest BCUT2D eigenvalue weighted by Gasteiger charge is 2.47. The quantitative estimate of drug-likeness (QED) is 0.921. The molecule has 2 N–H and O–H groups in total. The van der Waals surface area contributed by atoms with Crippen molar-refractivity contribution in [3.8, 4) is 5.75 Å². The van der Waals surface area contributed by atoms with Crippen molar-refractivity contribution in [2.24, 2.45) is 5.73 Å². The number of hydrogen-bond donors (Lipinski definition) is 1. The second-order valence-corrected chi connectivity index (χ2v) is 7.52. The van der Waals surface area contributed by atoms with Gasteiger partial charge >= 0.3 is 0 Å². The molecule has 0 spiro atoms. The molecule has 0 amide bonds. The summed E-state index contributed by atoms with van der Waals surface area (Å²) in [5.74, 6) is 0.981. The summed E-state index contributed by atoms with van der Waals surface area (Å²) in [5.41, 5.74) is 7.89. The molecular formula is C18H29NO2. The van der Waals surface area contributed by atoms with E-state index < -0.39 is 0 Å². The summed E-state index contributed by atoms with van der Waals surface area (Å²) in [6.45, 7) is 12.6. The normalized spacial score (nSPS) is 24.8. The van der Waals surface area contributed by atoms with Gasteiger partial charge in [-0.25, -0.2) is 0 Å². The second-order valence-electron chi connectivity index (χ2n) is 7.52. The van der Waals surface area contributed by atoms with Crippen molar-refractivity contribution in [3.05, 3.63) is 29.3 Å². The molecule has 0 saturated carbocycles. The fourth-order valence-corrected chi connectivity index (χ4v) is 3.23. The smallest absolute Gasteiger partial charge is 0.130 e. The summed E-state index contributed by atoms with van der Waals surface area (Å²) < 4.78 is 12.5. The van der Waals surface area contributed by atoms with Crippen LogP contribution in [0.4, 0.5) is 0 Å². The van der Waals surface area contributed by atoms with Crippen LogP contribution in [0.3, 0.4) is 0 Å². The Labute approximate surface area is 128 Å². The monoisotopic (exact) mass is 291 g/mol. The van der Waals surface area contributed by atoms with E-state index in [2.05, 4.69) is 52.8 Å². The molecule has 21 heavy (non-hydrogen) atoms. The molecule has 1 heterocycles. The highest BCUT2D eigenvalue weighted by atomic mass is 16.6. The van der Waals surface area contributed by atoms with Crippen molar-refractivity contribution in [2.75, 3.05) is 0 Å². The van der Waals surface area contributed by atoms with E-state index in [0.717, 1.165) is 24.2 Å². The highest BCUT2D eigenvalue weighted by molar-refractivity contribution is 5.41. The number of hydrogen-bond acceptors (Lipinski definition) is 3. The van der Waals surface area contributed by atoms with Gasteiger partial charge < -0.3 is 15.2 Å². The molecule has 1 aliphatic heterocycles. The van der Waals surface area contributed by atoms with E-state index in [1.807, 2.05) is 6.92 Å². The molecule has 2 unspecified atom stereocenters. The Morgan fingerprint density at radius 1 is 1.33 bits per heavy atom. The number of benzene rings is 1. The maximum absolute atomic E-state index is 6.41. The second kappa shape index (κ2) is 5.62. The van der Waals surface area contributed by atoms with Crippen molar-refractivity contribution in [1.29, 1.82) is 0 Å². The van der Waals surface area contributed by atoms with Gasteiger partial charge in [0.2, 0.25) is 0 Å². The molecule has 1 aromatic rings. The van der Waals surface area contributed by atoms with Crippen LogP contribution in [-0.4, -0.2) is 23.3 Å². The Morgan fingerprint density at radius 3 is 2.52 bits per heavy atom. The maximum atomic E-state index is 6.41. The molecule has 118 valence electrons. The van der Waals surface area contributed by atoms with Crippen molar-refractivity contribution in [1.82, 2.24) is 0 Å². The van der Waals surface area contributed by atoms with Gasteiger partial charge in [0.15, 0.2) is 0 Å². The molecule has 1 saturated heterocycles. The van der Waals surface area contributed by atoms with Gasteiger partial charge in [-0.3, -0.25) is 0 Å². The average molecular weight is 291 g/mol. The lowest BCUT2D eigenvalue weighted by Crippen LogP contribution is -2.37. The molecule has 3 heteroatoms. The third-order valence-electron chi connectivity index (χ3n) is 4.09. The third kappa shape index (κ3) is 3.78. The van der Waals surface area contributed by atoms with E-state index >= 15 is 0 Å². The van der Waals surface area contributed by atoms with Crippen molar-refractivity contribution in [2.45, 2.75) is 77.7 Å². The lowest BCUT2D eigenvalue weighted by atomic mass is 9.96. The zero-order valence-electron chi connectivity index (χ0n) is 14.2. The van der Waals surface area contributed by atoms with Crippen LogP contribution in [0, 0.1) is 6.92 Å². The van der Waals surface area contributed by atoms with Crippen LogP contribution in [0.5, 0.6) is 5.75 Å². The summed E-state index contributed by atoms with van der Waals surface area (Å²) >= 11 is 0. The Morgan fingerprint density at radius 2 is 2.00 bits per heavy atom. The average Bonchev–Trinajstić information content (AvgIpc) is 2.50. The first kappa shape index (κ1) is 16.3. The van der Waals surface area contributed by atoms with E-state index in [0.29, 0.717) is 0 Å². The molecule has 2 atom stereocenters. The zero-order valence-corrected chi connectivity index (χ0v) is 14.2. The summed E-state index contributed by atoms with van der Waals surface area (Å²) in [4.78, 5) is 0. The van der Waals surface area contributed by atoms with Crippen molar-refractivity contribution in [3.63, 3.8) is 0 Å². The molecule has 0 aliphatic carbocycles. The van der Waals surface area contributed by atoms with Crippen LogP contribution >= 0.6 is 0 Å². The van der Waals surface area contributed by atoms with E-state index in [4.69, 9.17) is 15.2 Å². The molecule has 1 fully saturated rings. The number of aryl methyl sites for hydroxylation is 1. The third-order valence-corrected chi connectivity index (χ3v) is 4.09. The minimum Gasteiger partial charge on any atom is -0.487 e. The topological polar surface area (TPSA) is 44.5 Å². The van der Waals surface area contributed by atoms with Crippen LogP contribution in [-0.2, 0) is 11.2 Å². The van der Waals surface area contributed by atoms with E-state index in [-0.39, 0.29) is 23.3 Å². The van der Waals surface area contributed by atoms with Gasteiger partial charge in [0, 0.05) is 12.5 Å². The summed E-state index contributed by atoms with van der Waals surface area (Å²) in [6.07, 6.45) is 1.78. The summed E-state index contributed by atoms with van der Waals surface area (Å²) in [6, 6.07) is 6.40. The van der Waals surface area contributed by atoms with Crippen molar-refractivity contribution >= 4 is 0 Å². The lowest BCUT2D eigenvalue weighted by Gasteiger charge is -2.29. The Balaban J connectivity index is 2.27. The fraction of sp³-hybridized carbons (Fsp3) is 0.667. The molecule has 0 aromatic heterocycles. The van der Waals surface area contributed by atoms with Gasteiger partial charge in [-0.05, 0) is 59.1 Å². The first-order valence-corrected chi connectivity index (χ1v) is 7.82. The Bertz CT molecular complexity index is 506. The summed E-state index contributed by atoms with van der Waals surface area (Å²) in [7, 11) is 0. The number of nitrogens with two attached hydrogens (primary N) is 1. The molecule has 1 aliphatic rings. The minimum absolute atomic E-state index is 0.0560. The number of ether oxygens (including phenoxy) is 2. The SMILES string of the molecule is Cc1cccc(CC(C)N)c1OC1CC(C)(C)OC1(C)C. The zero-order chi connectivity index (χ0) is 15.8. The van der Waals surface area contributed by atoms with Gasteiger partial charge in [0.1, 0.15) is 17.5 Å². The van der Waals surface area contributed by atoms with E-state index in [1.165, 1.54) is 5.56 Å². The van der Waals surface area contributed by atoms with Crippen LogP contribution in [0.15, 0.2) is 18.2 Å². The summed E-state index contributed by atoms with van der Waals surface area (Å²) in [5, 5.41) is 0. The van der Waals surface area contributed by atoms with Gasteiger partial charge in [-0.2, -0.15) is 0 Å². The van der Waals surface area contributed by atoms with Gasteiger partial charge in [-0.1, -0.05) is 18.2 Å². The van der Waals surface area contributed by atoms with Gasteiger partial charge in [0.05, 0.1) is 5.60 Å². The van der Waals surface area contributed by atoms with Crippen LogP contribution in [0.2, 0.25) is 0 Å². The lowest BCUT2D eigenvalue weighted by molar-refractivity contribution is -0.0847. The molecule has 1 aromatic carbocycles. The predicted molar refractivity (Wildman–Crippen MR) is 86.8 cm³/mol. The van der Waals surface area contributed by atoms with Gasteiger partial charge in [-0.15, -0.1) is 0 Å². The van der Waals surface area contributed by atoms with E-state index in [1.54, 1.807) is 0 Å². The van der Waals surface area contributed by atoms with Crippen LogP contribution in [0.1, 0.15) is 52.2 Å². The Hall–Kier alpha value is -1.06. The standard InChI is InChI=1S/C18H29NO2/c1-12-8-7-9-14(10-13(2)19)16(12)20-15-11-17(3,4)21-18(15,5)6/h7-9,13,15H,10-11,19H2,1-6H3. The van der Waals surface area contributed by atoms with Crippen LogP contribution < -0.4 is 10.5 Å². The molecule has 2 rings (SSSR count). The van der Waals surface area contributed by atoms with Crippen molar-refractivity contribution < 1.29 is 9.47 Å². The first-order valence-electron chi connectivity index (χ1n) is 7.82. The predicted octanol–water partition coefficient (Wildman–Crippen LogP) is 3.61. The van der Waals surface area contributed by atoms with E-state index in [9.17, 15) is 0 Å². The molecule has 0 radical (unpaired) electrons. The Kier molecular flexibility index (Phi) is 4.36. The largest absolute Gasteiger partial charge is 0.487 e. The number of para-hydroxylation sites is 1. The molecule has 0 bridgehead atoms.